The maximum absolute atomic E-state index is 14.2. The quantitative estimate of drug-likeness (QED) is 0.913. The Morgan fingerprint density at radius 2 is 1.57 bits per heavy atom. The van der Waals surface area contributed by atoms with Crippen LogP contribution in [0.3, 0.4) is 0 Å². The number of aliphatic hydroxyl groups excluding tert-OH is 1. The molecule has 0 aliphatic carbocycles. The van der Waals surface area contributed by atoms with Gasteiger partial charge in [-0.15, -0.1) is 0 Å². The van der Waals surface area contributed by atoms with Crippen LogP contribution in [0.15, 0.2) is 42.5 Å². The highest BCUT2D eigenvalue weighted by Crippen LogP contribution is 2.37. The lowest BCUT2D eigenvalue weighted by molar-refractivity contribution is 0.146. The highest BCUT2D eigenvalue weighted by molar-refractivity contribution is 5.45. The van der Waals surface area contributed by atoms with Crippen molar-refractivity contribution in [3.63, 3.8) is 0 Å². The highest BCUT2D eigenvalue weighted by atomic mass is 19.1. The summed E-state index contributed by atoms with van der Waals surface area (Å²) in [7, 11) is 2.92. The molecule has 21 heavy (non-hydrogen) atoms. The summed E-state index contributed by atoms with van der Waals surface area (Å²) in [6, 6.07) is 12.2. The first-order chi connectivity index (χ1) is 10.1. The Kier molecular flexibility index (Phi) is 4.81. The molecule has 0 bridgehead atoms. The third-order valence-electron chi connectivity index (χ3n) is 3.62. The van der Waals surface area contributed by atoms with E-state index >= 15 is 0 Å². The van der Waals surface area contributed by atoms with Crippen LogP contribution in [0.25, 0.3) is 0 Å². The number of hydrogen-bond donors (Lipinski definition) is 1. The summed E-state index contributed by atoms with van der Waals surface area (Å²) in [4.78, 5) is 0. The molecule has 2 aromatic carbocycles. The van der Waals surface area contributed by atoms with Gasteiger partial charge in [0.2, 0.25) is 0 Å². The van der Waals surface area contributed by atoms with Crippen molar-refractivity contribution in [1.82, 2.24) is 0 Å². The van der Waals surface area contributed by atoms with Gasteiger partial charge in [0.1, 0.15) is 5.82 Å². The van der Waals surface area contributed by atoms with Crippen molar-refractivity contribution in [1.29, 1.82) is 0 Å². The lowest BCUT2D eigenvalue weighted by Gasteiger charge is -2.21. The summed E-state index contributed by atoms with van der Waals surface area (Å²) in [5, 5.41) is 10.5. The molecule has 2 aromatic rings. The molecule has 2 unspecified atom stereocenters. The van der Waals surface area contributed by atoms with Crippen molar-refractivity contribution in [2.24, 2.45) is 0 Å². The van der Waals surface area contributed by atoms with Crippen LogP contribution in [0.5, 0.6) is 11.5 Å². The average molecular weight is 290 g/mol. The van der Waals surface area contributed by atoms with Crippen LogP contribution >= 0.6 is 0 Å². The van der Waals surface area contributed by atoms with Gasteiger partial charge in [-0.25, -0.2) is 4.39 Å². The Bertz CT molecular complexity index is 598. The first-order valence-electron chi connectivity index (χ1n) is 6.73. The van der Waals surface area contributed by atoms with E-state index in [9.17, 15) is 9.50 Å². The molecule has 0 saturated heterocycles. The molecule has 0 amide bonds. The molecular formula is C17H19FO3. The van der Waals surface area contributed by atoms with Gasteiger partial charge in [0, 0.05) is 17.5 Å². The zero-order chi connectivity index (χ0) is 15.4. The topological polar surface area (TPSA) is 38.7 Å². The monoisotopic (exact) mass is 290 g/mol. The van der Waals surface area contributed by atoms with E-state index in [4.69, 9.17) is 9.47 Å². The predicted molar refractivity (Wildman–Crippen MR) is 79.3 cm³/mol. The number of methoxy groups -OCH3 is 2. The molecule has 0 spiro atoms. The third-order valence-corrected chi connectivity index (χ3v) is 3.62. The highest BCUT2D eigenvalue weighted by Gasteiger charge is 2.23. The van der Waals surface area contributed by atoms with E-state index < -0.39 is 11.9 Å². The van der Waals surface area contributed by atoms with Gasteiger partial charge in [-0.2, -0.15) is 0 Å². The summed E-state index contributed by atoms with van der Waals surface area (Å²) >= 11 is 0. The molecule has 4 heteroatoms. The first-order valence-corrected chi connectivity index (χ1v) is 6.73. The Morgan fingerprint density at radius 1 is 1.00 bits per heavy atom. The molecule has 0 radical (unpaired) electrons. The fourth-order valence-corrected chi connectivity index (χ4v) is 2.30. The average Bonchev–Trinajstić information content (AvgIpc) is 2.54. The molecule has 0 heterocycles. The maximum atomic E-state index is 14.2. The molecule has 2 rings (SSSR count). The summed E-state index contributed by atoms with van der Waals surface area (Å²) in [5.74, 6) is -0.0479. The van der Waals surface area contributed by atoms with E-state index in [1.807, 2.05) is 37.3 Å². The number of ether oxygens (including phenoxy) is 2. The molecule has 1 N–H and O–H groups in total. The Balaban J connectivity index is 2.37. The van der Waals surface area contributed by atoms with Gasteiger partial charge in [0.15, 0.2) is 11.5 Å². The van der Waals surface area contributed by atoms with E-state index in [-0.39, 0.29) is 11.5 Å². The minimum atomic E-state index is -0.966. The van der Waals surface area contributed by atoms with Crippen LogP contribution in [0.4, 0.5) is 4.39 Å². The number of halogens is 1. The second kappa shape index (κ2) is 6.59. The van der Waals surface area contributed by atoms with Gasteiger partial charge >= 0.3 is 0 Å². The van der Waals surface area contributed by atoms with Crippen LogP contribution in [-0.2, 0) is 0 Å². The Labute approximate surface area is 124 Å². The van der Waals surface area contributed by atoms with Crippen LogP contribution in [0, 0.1) is 5.82 Å². The number of rotatable bonds is 5. The summed E-state index contributed by atoms with van der Waals surface area (Å²) in [6.45, 7) is 1.86. The molecule has 3 nitrogen and oxygen atoms in total. The second-order valence-electron chi connectivity index (χ2n) is 4.87. The van der Waals surface area contributed by atoms with Crippen molar-refractivity contribution in [2.75, 3.05) is 14.2 Å². The van der Waals surface area contributed by atoms with Crippen LogP contribution in [0.2, 0.25) is 0 Å². The number of hydrogen-bond acceptors (Lipinski definition) is 3. The Hall–Kier alpha value is -2.07. The minimum Gasteiger partial charge on any atom is -0.493 e. The van der Waals surface area contributed by atoms with Gasteiger partial charge in [-0.3, -0.25) is 0 Å². The zero-order valence-electron chi connectivity index (χ0n) is 12.3. The zero-order valence-corrected chi connectivity index (χ0v) is 12.3. The first kappa shape index (κ1) is 15.3. The van der Waals surface area contributed by atoms with Crippen LogP contribution < -0.4 is 9.47 Å². The van der Waals surface area contributed by atoms with Gasteiger partial charge < -0.3 is 14.6 Å². The minimum absolute atomic E-state index is 0.198. The normalized spacial score (nSPS) is 13.6. The van der Waals surface area contributed by atoms with E-state index in [0.717, 1.165) is 5.56 Å². The largest absolute Gasteiger partial charge is 0.493 e. The maximum Gasteiger partial charge on any atom is 0.163 e. The Morgan fingerprint density at radius 3 is 2.14 bits per heavy atom. The number of benzene rings is 2. The van der Waals surface area contributed by atoms with Crippen LogP contribution in [0.1, 0.15) is 30.1 Å². The lowest BCUT2D eigenvalue weighted by atomic mass is 9.90. The van der Waals surface area contributed by atoms with E-state index in [1.165, 1.54) is 26.4 Å². The van der Waals surface area contributed by atoms with E-state index in [1.54, 1.807) is 0 Å². The fourth-order valence-electron chi connectivity index (χ4n) is 2.30. The van der Waals surface area contributed by atoms with Crippen molar-refractivity contribution in [3.05, 3.63) is 59.4 Å². The predicted octanol–water partition coefficient (Wildman–Crippen LogP) is 3.68. The van der Waals surface area contributed by atoms with Crippen molar-refractivity contribution in [3.8, 4) is 11.5 Å². The SMILES string of the molecule is COc1cc(F)c(C(O)C(C)c2ccccc2)cc1OC. The standard InChI is InChI=1S/C17H19FO3/c1-11(12-7-5-4-6-8-12)17(19)13-9-15(20-2)16(21-3)10-14(13)18/h4-11,17,19H,1-3H3. The third kappa shape index (κ3) is 3.16. The van der Waals surface area contributed by atoms with E-state index in [2.05, 4.69) is 0 Å². The summed E-state index contributed by atoms with van der Waals surface area (Å²) in [5.41, 5.74) is 1.14. The summed E-state index contributed by atoms with van der Waals surface area (Å²) < 4.78 is 24.4. The van der Waals surface area contributed by atoms with Crippen molar-refractivity contribution < 1.29 is 19.0 Å². The van der Waals surface area contributed by atoms with Crippen LogP contribution in [-0.4, -0.2) is 19.3 Å². The van der Waals surface area contributed by atoms with Crippen molar-refractivity contribution >= 4 is 0 Å². The van der Waals surface area contributed by atoms with Gasteiger partial charge in [0.25, 0.3) is 0 Å². The lowest BCUT2D eigenvalue weighted by Crippen LogP contribution is -2.10. The smallest absolute Gasteiger partial charge is 0.163 e. The molecule has 0 aliphatic rings. The number of aliphatic hydroxyl groups is 1. The molecule has 112 valence electrons. The molecule has 0 saturated carbocycles. The molecule has 0 aromatic heterocycles. The van der Waals surface area contributed by atoms with Gasteiger partial charge in [0.05, 0.1) is 20.3 Å². The van der Waals surface area contributed by atoms with Crippen molar-refractivity contribution in [2.45, 2.75) is 18.9 Å². The molecular weight excluding hydrogens is 271 g/mol. The molecule has 0 aliphatic heterocycles. The summed E-state index contributed by atoms with van der Waals surface area (Å²) in [6.07, 6.45) is -0.966. The second-order valence-corrected chi connectivity index (χ2v) is 4.87. The molecule has 2 atom stereocenters. The van der Waals surface area contributed by atoms with E-state index in [0.29, 0.717) is 11.5 Å². The van der Waals surface area contributed by atoms with Gasteiger partial charge in [-0.05, 0) is 11.6 Å². The fraction of sp³-hybridized carbons (Fsp3) is 0.294. The van der Waals surface area contributed by atoms with Gasteiger partial charge in [-0.1, -0.05) is 37.3 Å². The molecule has 0 fully saturated rings.